The highest BCUT2D eigenvalue weighted by Crippen LogP contribution is 2.46. The summed E-state index contributed by atoms with van der Waals surface area (Å²) < 4.78 is 5.81. The molecule has 3 N–H and O–H groups in total. The molecule has 0 bridgehead atoms. The Balaban J connectivity index is 1.52. The topological polar surface area (TPSA) is 77.6 Å². The summed E-state index contributed by atoms with van der Waals surface area (Å²) in [6.45, 7) is 6.07. The van der Waals surface area contributed by atoms with Crippen LogP contribution in [0.4, 0.5) is 0 Å². The zero-order valence-corrected chi connectivity index (χ0v) is 18.8. The monoisotopic (exact) mass is 433 g/mol. The van der Waals surface area contributed by atoms with Crippen molar-refractivity contribution in [1.82, 2.24) is 15.2 Å². The molecule has 2 aliphatic rings. The lowest BCUT2D eigenvalue weighted by Crippen LogP contribution is -2.43. The van der Waals surface area contributed by atoms with Crippen LogP contribution >= 0.6 is 0 Å². The SMILES string of the molecule is COc1cc(C)c2[nH]ccc2c1CN1CCC2(CCNC2)C[C@H]1c1ccc(C(=O)O)cc1. The summed E-state index contributed by atoms with van der Waals surface area (Å²) in [5.74, 6) is 0.0464. The van der Waals surface area contributed by atoms with Gasteiger partial charge in [-0.3, -0.25) is 4.90 Å². The number of likely N-dealkylation sites (tertiary alicyclic amines) is 1. The number of aromatic nitrogens is 1. The van der Waals surface area contributed by atoms with Gasteiger partial charge < -0.3 is 20.1 Å². The number of benzene rings is 2. The number of aryl methyl sites for hydroxylation is 1. The Bertz CT molecular complexity index is 1130. The van der Waals surface area contributed by atoms with E-state index in [4.69, 9.17) is 4.74 Å². The smallest absolute Gasteiger partial charge is 0.335 e. The highest BCUT2D eigenvalue weighted by Gasteiger charge is 2.42. The van der Waals surface area contributed by atoms with Crippen LogP contribution in [0, 0.1) is 12.3 Å². The number of H-pyrrole nitrogens is 1. The van der Waals surface area contributed by atoms with Gasteiger partial charge in [0.25, 0.3) is 0 Å². The van der Waals surface area contributed by atoms with Crippen molar-refractivity contribution in [2.24, 2.45) is 5.41 Å². The van der Waals surface area contributed by atoms with Crippen LogP contribution in [0.15, 0.2) is 42.6 Å². The third-order valence-electron chi connectivity index (χ3n) is 7.56. The summed E-state index contributed by atoms with van der Waals surface area (Å²) in [7, 11) is 1.74. The second-order valence-corrected chi connectivity index (χ2v) is 9.43. The highest BCUT2D eigenvalue weighted by molar-refractivity contribution is 5.88. The highest BCUT2D eigenvalue weighted by atomic mass is 16.5. The number of hydrogen-bond donors (Lipinski definition) is 3. The summed E-state index contributed by atoms with van der Waals surface area (Å²) in [5.41, 5.74) is 5.41. The Kier molecular flexibility index (Phi) is 5.43. The van der Waals surface area contributed by atoms with E-state index in [0.29, 0.717) is 11.0 Å². The minimum absolute atomic E-state index is 0.242. The number of aromatic amines is 1. The normalized spacial score (nSPS) is 23.8. The van der Waals surface area contributed by atoms with E-state index in [9.17, 15) is 9.90 Å². The molecule has 6 nitrogen and oxygen atoms in total. The Morgan fingerprint density at radius 3 is 2.75 bits per heavy atom. The van der Waals surface area contributed by atoms with Crippen LogP contribution in [-0.2, 0) is 6.54 Å². The van der Waals surface area contributed by atoms with Gasteiger partial charge >= 0.3 is 5.97 Å². The predicted octanol–water partition coefficient (Wildman–Crippen LogP) is 4.50. The summed E-state index contributed by atoms with van der Waals surface area (Å²) in [5, 5.41) is 14.1. The lowest BCUT2D eigenvalue weighted by Gasteiger charge is -2.45. The molecule has 0 radical (unpaired) electrons. The molecule has 1 spiro atoms. The van der Waals surface area contributed by atoms with Crippen molar-refractivity contribution in [3.05, 3.63) is 64.8 Å². The molecule has 1 aromatic heterocycles. The number of hydrogen-bond acceptors (Lipinski definition) is 4. The lowest BCUT2D eigenvalue weighted by molar-refractivity contribution is 0.0534. The number of carboxylic acid groups (broad SMARTS) is 1. The first-order valence-electron chi connectivity index (χ1n) is 11.4. The molecule has 2 atom stereocenters. The van der Waals surface area contributed by atoms with E-state index in [1.54, 1.807) is 19.2 Å². The number of nitrogens with one attached hydrogen (secondary N) is 2. The molecule has 2 aliphatic heterocycles. The number of methoxy groups -OCH3 is 1. The molecule has 168 valence electrons. The van der Waals surface area contributed by atoms with E-state index in [1.807, 2.05) is 18.3 Å². The van der Waals surface area contributed by atoms with Gasteiger partial charge in [0, 0.05) is 41.8 Å². The van der Waals surface area contributed by atoms with E-state index in [2.05, 4.69) is 34.3 Å². The number of aromatic carboxylic acids is 1. The Morgan fingerprint density at radius 1 is 1.25 bits per heavy atom. The van der Waals surface area contributed by atoms with Crippen molar-refractivity contribution in [3.63, 3.8) is 0 Å². The van der Waals surface area contributed by atoms with Gasteiger partial charge in [-0.15, -0.1) is 0 Å². The second-order valence-electron chi connectivity index (χ2n) is 9.43. The maximum absolute atomic E-state index is 11.4. The van der Waals surface area contributed by atoms with E-state index < -0.39 is 5.97 Å². The average Bonchev–Trinajstić information content (AvgIpc) is 3.47. The van der Waals surface area contributed by atoms with Crippen molar-refractivity contribution in [1.29, 1.82) is 0 Å². The molecule has 3 heterocycles. The van der Waals surface area contributed by atoms with Gasteiger partial charge in [0.2, 0.25) is 0 Å². The van der Waals surface area contributed by atoms with Gasteiger partial charge in [-0.05, 0) is 80.1 Å². The van der Waals surface area contributed by atoms with Gasteiger partial charge in [0.15, 0.2) is 0 Å². The van der Waals surface area contributed by atoms with Crippen LogP contribution in [0.5, 0.6) is 5.75 Å². The number of piperidine rings is 1. The van der Waals surface area contributed by atoms with Crippen molar-refractivity contribution < 1.29 is 14.6 Å². The third-order valence-corrected chi connectivity index (χ3v) is 7.56. The second kappa shape index (κ2) is 8.26. The minimum Gasteiger partial charge on any atom is -0.496 e. The number of ether oxygens (including phenoxy) is 1. The van der Waals surface area contributed by atoms with Crippen LogP contribution < -0.4 is 10.1 Å². The van der Waals surface area contributed by atoms with Crippen molar-refractivity contribution in [2.45, 2.75) is 38.8 Å². The molecular formula is C26H31N3O3. The maximum Gasteiger partial charge on any atom is 0.335 e. The molecule has 0 saturated carbocycles. The van der Waals surface area contributed by atoms with Crippen molar-refractivity contribution in [3.8, 4) is 5.75 Å². The minimum atomic E-state index is -0.882. The van der Waals surface area contributed by atoms with Gasteiger partial charge in [-0.25, -0.2) is 4.79 Å². The summed E-state index contributed by atoms with van der Waals surface area (Å²) in [4.78, 5) is 17.3. The fraction of sp³-hybridized carbons (Fsp3) is 0.423. The van der Waals surface area contributed by atoms with Crippen molar-refractivity contribution in [2.75, 3.05) is 26.7 Å². The first-order chi connectivity index (χ1) is 15.5. The quantitative estimate of drug-likeness (QED) is 0.552. The number of rotatable bonds is 5. The van der Waals surface area contributed by atoms with Crippen LogP contribution in [0.25, 0.3) is 10.9 Å². The van der Waals surface area contributed by atoms with Crippen LogP contribution in [0.3, 0.4) is 0 Å². The standard InChI is InChI=1S/C26H31N3O3/c1-17-13-23(32-2)21(20-7-10-28-24(17)20)15-29-12-9-26(8-11-27-16-26)14-22(29)18-3-5-19(6-4-18)25(30)31/h3-7,10,13,22,27-28H,8-9,11-12,14-16H2,1-2H3,(H,30,31)/t22-,26?/m0/s1. The van der Waals surface area contributed by atoms with Gasteiger partial charge in [-0.2, -0.15) is 0 Å². The van der Waals surface area contributed by atoms with Crippen LogP contribution in [0.2, 0.25) is 0 Å². The molecule has 2 aromatic carbocycles. The van der Waals surface area contributed by atoms with Crippen LogP contribution in [-0.4, -0.2) is 47.7 Å². The number of nitrogens with zero attached hydrogens (tertiary/aromatic N) is 1. The number of fused-ring (bicyclic) bond motifs is 1. The molecule has 5 rings (SSSR count). The van der Waals surface area contributed by atoms with E-state index >= 15 is 0 Å². The lowest BCUT2D eigenvalue weighted by atomic mass is 9.73. The van der Waals surface area contributed by atoms with Gasteiger partial charge in [0.1, 0.15) is 5.75 Å². The molecule has 3 aromatic rings. The third kappa shape index (κ3) is 3.67. The van der Waals surface area contributed by atoms with Crippen LogP contribution in [0.1, 0.15) is 52.4 Å². The fourth-order valence-corrected chi connectivity index (χ4v) is 5.71. The maximum atomic E-state index is 11.4. The largest absolute Gasteiger partial charge is 0.496 e. The van der Waals surface area contributed by atoms with E-state index in [1.165, 1.54) is 34.9 Å². The molecular weight excluding hydrogens is 402 g/mol. The molecule has 0 amide bonds. The molecule has 6 heteroatoms. The Morgan fingerprint density at radius 2 is 2.06 bits per heavy atom. The molecule has 32 heavy (non-hydrogen) atoms. The first-order valence-corrected chi connectivity index (χ1v) is 11.4. The molecule has 1 unspecified atom stereocenters. The van der Waals surface area contributed by atoms with E-state index in [-0.39, 0.29) is 6.04 Å². The first kappa shape index (κ1) is 21.0. The van der Waals surface area contributed by atoms with Gasteiger partial charge in [0.05, 0.1) is 12.7 Å². The Hall–Kier alpha value is -2.83. The van der Waals surface area contributed by atoms with Crippen molar-refractivity contribution >= 4 is 16.9 Å². The average molecular weight is 434 g/mol. The fourth-order valence-electron chi connectivity index (χ4n) is 5.71. The molecule has 2 saturated heterocycles. The molecule has 2 fully saturated rings. The predicted molar refractivity (Wildman–Crippen MR) is 125 cm³/mol. The number of carbonyl (C=O) groups is 1. The zero-order valence-electron chi connectivity index (χ0n) is 18.8. The van der Waals surface area contributed by atoms with E-state index in [0.717, 1.165) is 43.9 Å². The zero-order chi connectivity index (χ0) is 22.3. The van der Waals surface area contributed by atoms with Gasteiger partial charge in [-0.1, -0.05) is 12.1 Å². The summed E-state index contributed by atoms with van der Waals surface area (Å²) >= 11 is 0. The summed E-state index contributed by atoms with van der Waals surface area (Å²) in [6, 6.07) is 12.0. The number of carboxylic acids is 1. The Labute approximate surface area is 188 Å². The molecule has 0 aliphatic carbocycles. The summed E-state index contributed by atoms with van der Waals surface area (Å²) in [6.07, 6.45) is 5.46.